The van der Waals surface area contributed by atoms with Crippen LogP contribution in [0.2, 0.25) is 0 Å². The van der Waals surface area contributed by atoms with Crippen molar-refractivity contribution >= 4 is 5.65 Å². The number of rotatable bonds is 2. The zero-order chi connectivity index (χ0) is 13.0. The SMILES string of the molecule is CC.CC(C)c1ccc(C(C)C)n2ncnc12. The highest BCUT2D eigenvalue weighted by Crippen LogP contribution is 2.22. The molecular formula is C14H23N3. The van der Waals surface area contributed by atoms with Crippen LogP contribution in [0.1, 0.15) is 64.6 Å². The average molecular weight is 233 g/mol. The van der Waals surface area contributed by atoms with Crippen LogP contribution in [0, 0.1) is 0 Å². The molecule has 3 nitrogen and oxygen atoms in total. The van der Waals surface area contributed by atoms with Gasteiger partial charge in [0.25, 0.3) is 0 Å². The van der Waals surface area contributed by atoms with Crippen LogP contribution in [0.4, 0.5) is 0 Å². The van der Waals surface area contributed by atoms with Crippen molar-refractivity contribution < 1.29 is 0 Å². The second-order valence-corrected chi connectivity index (χ2v) is 4.52. The summed E-state index contributed by atoms with van der Waals surface area (Å²) in [5, 5.41) is 4.29. The predicted octanol–water partition coefficient (Wildman–Crippen LogP) is 4.00. The Morgan fingerprint density at radius 1 is 1.00 bits per heavy atom. The molecule has 17 heavy (non-hydrogen) atoms. The molecule has 0 aromatic carbocycles. The smallest absolute Gasteiger partial charge is 0.159 e. The average Bonchev–Trinajstić information content (AvgIpc) is 2.78. The first kappa shape index (κ1) is 13.7. The topological polar surface area (TPSA) is 30.2 Å². The molecule has 0 aliphatic carbocycles. The monoisotopic (exact) mass is 233 g/mol. The van der Waals surface area contributed by atoms with Gasteiger partial charge < -0.3 is 0 Å². The van der Waals surface area contributed by atoms with Crippen LogP contribution < -0.4 is 0 Å². The molecule has 0 bridgehead atoms. The van der Waals surface area contributed by atoms with Gasteiger partial charge in [-0.2, -0.15) is 5.10 Å². The predicted molar refractivity (Wildman–Crippen MR) is 72.5 cm³/mol. The van der Waals surface area contributed by atoms with Crippen LogP contribution in [0.25, 0.3) is 5.65 Å². The van der Waals surface area contributed by atoms with Gasteiger partial charge in [0.15, 0.2) is 5.65 Å². The maximum absolute atomic E-state index is 4.33. The van der Waals surface area contributed by atoms with Gasteiger partial charge in [-0.15, -0.1) is 0 Å². The molecule has 0 aliphatic rings. The van der Waals surface area contributed by atoms with Gasteiger partial charge >= 0.3 is 0 Å². The van der Waals surface area contributed by atoms with Crippen molar-refractivity contribution in [3.8, 4) is 0 Å². The number of hydrogen-bond acceptors (Lipinski definition) is 2. The van der Waals surface area contributed by atoms with Crippen molar-refractivity contribution in [2.75, 3.05) is 0 Å². The van der Waals surface area contributed by atoms with Crippen molar-refractivity contribution in [2.45, 2.75) is 53.4 Å². The Hall–Kier alpha value is -1.38. The van der Waals surface area contributed by atoms with Gasteiger partial charge in [-0.25, -0.2) is 9.50 Å². The Labute approximate surface area is 104 Å². The van der Waals surface area contributed by atoms with E-state index in [0.717, 1.165) is 5.65 Å². The van der Waals surface area contributed by atoms with Crippen LogP contribution in [0.15, 0.2) is 18.5 Å². The van der Waals surface area contributed by atoms with Crippen molar-refractivity contribution in [1.82, 2.24) is 14.6 Å². The van der Waals surface area contributed by atoms with E-state index in [2.05, 4.69) is 49.9 Å². The first-order valence-corrected chi connectivity index (χ1v) is 6.43. The fourth-order valence-electron chi connectivity index (χ4n) is 1.84. The lowest BCUT2D eigenvalue weighted by atomic mass is 10.0. The van der Waals surface area contributed by atoms with E-state index < -0.39 is 0 Å². The zero-order valence-corrected chi connectivity index (χ0v) is 11.7. The van der Waals surface area contributed by atoms with Gasteiger partial charge in [0.05, 0.1) is 0 Å². The molecular weight excluding hydrogens is 210 g/mol. The van der Waals surface area contributed by atoms with Gasteiger partial charge in [-0.1, -0.05) is 47.6 Å². The summed E-state index contributed by atoms with van der Waals surface area (Å²) in [5.41, 5.74) is 3.47. The number of hydrogen-bond donors (Lipinski definition) is 0. The molecule has 0 saturated heterocycles. The van der Waals surface area contributed by atoms with Gasteiger partial charge in [-0.3, -0.25) is 0 Å². The zero-order valence-electron chi connectivity index (χ0n) is 11.7. The molecule has 0 aliphatic heterocycles. The van der Waals surface area contributed by atoms with Gasteiger partial charge in [0.2, 0.25) is 0 Å². The molecule has 3 heteroatoms. The highest BCUT2D eigenvalue weighted by molar-refractivity contribution is 5.49. The Bertz CT molecular complexity index is 427. The lowest BCUT2D eigenvalue weighted by Crippen LogP contribution is -2.03. The van der Waals surface area contributed by atoms with E-state index in [1.807, 2.05) is 18.4 Å². The highest BCUT2D eigenvalue weighted by Gasteiger charge is 2.12. The molecule has 2 aromatic rings. The van der Waals surface area contributed by atoms with Crippen molar-refractivity contribution in [2.24, 2.45) is 0 Å². The van der Waals surface area contributed by atoms with Gasteiger partial charge in [-0.05, 0) is 23.5 Å². The molecule has 2 rings (SSSR count). The Balaban J connectivity index is 0.000000686. The second-order valence-electron chi connectivity index (χ2n) is 4.52. The first-order valence-electron chi connectivity index (χ1n) is 6.43. The summed E-state index contributed by atoms with van der Waals surface area (Å²) < 4.78 is 1.96. The van der Waals surface area contributed by atoms with Crippen molar-refractivity contribution in [3.63, 3.8) is 0 Å². The summed E-state index contributed by atoms with van der Waals surface area (Å²) in [7, 11) is 0. The quantitative estimate of drug-likeness (QED) is 0.784. The lowest BCUT2D eigenvalue weighted by Gasteiger charge is -2.12. The van der Waals surface area contributed by atoms with Crippen LogP contribution >= 0.6 is 0 Å². The Kier molecular flexibility index (Phi) is 4.67. The standard InChI is InChI=1S/C12H17N3.C2H6/c1-8(2)10-5-6-11(9(3)4)15-12(10)13-7-14-15;1-2/h5-9H,1-4H3;1-2H3. The molecule has 2 aromatic heterocycles. The van der Waals surface area contributed by atoms with Crippen LogP contribution in [0.3, 0.4) is 0 Å². The molecule has 0 amide bonds. The van der Waals surface area contributed by atoms with E-state index in [1.165, 1.54) is 11.3 Å². The first-order chi connectivity index (χ1) is 8.11. The Morgan fingerprint density at radius 3 is 2.18 bits per heavy atom. The van der Waals surface area contributed by atoms with Crippen LogP contribution in [0.5, 0.6) is 0 Å². The third kappa shape index (κ3) is 2.65. The minimum absolute atomic E-state index is 0.468. The molecule has 2 heterocycles. The van der Waals surface area contributed by atoms with E-state index in [-0.39, 0.29) is 0 Å². The van der Waals surface area contributed by atoms with E-state index >= 15 is 0 Å². The molecule has 0 radical (unpaired) electrons. The minimum Gasteiger partial charge on any atom is -0.217 e. The summed E-state index contributed by atoms with van der Waals surface area (Å²) in [6.07, 6.45) is 1.63. The Morgan fingerprint density at radius 2 is 1.65 bits per heavy atom. The fraction of sp³-hybridized carbons (Fsp3) is 0.571. The number of fused-ring (bicyclic) bond motifs is 1. The molecule has 0 spiro atoms. The molecule has 0 saturated carbocycles. The van der Waals surface area contributed by atoms with E-state index in [9.17, 15) is 0 Å². The summed E-state index contributed by atoms with van der Waals surface area (Å²) in [4.78, 5) is 4.33. The molecule has 0 unspecified atom stereocenters. The molecule has 94 valence electrons. The highest BCUT2D eigenvalue weighted by atomic mass is 15.3. The summed E-state index contributed by atoms with van der Waals surface area (Å²) in [6.45, 7) is 12.7. The van der Waals surface area contributed by atoms with Gasteiger partial charge in [0.1, 0.15) is 6.33 Å². The maximum atomic E-state index is 4.33. The number of aromatic nitrogens is 3. The second kappa shape index (κ2) is 5.80. The van der Waals surface area contributed by atoms with E-state index in [0.29, 0.717) is 11.8 Å². The maximum Gasteiger partial charge on any atom is 0.159 e. The van der Waals surface area contributed by atoms with E-state index in [1.54, 1.807) is 6.33 Å². The largest absolute Gasteiger partial charge is 0.217 e. The fourth-order valence-corrected chi connectivity index (χ4v) is 1.84. The third-order valence-corrected chi connectivity index (χ3v) is 2.70. The van der Waals surface area contributed by atoms with Crippen molar-refractivity contribution in [3.05, 3.63) is 29.7 Å². The molecule has 0 N–H and O–H groups in total. The molecule has 0 fully saturated rings. The normalized spacial score (nSPS) is 10.8. The lowest BCUT2D eigenvalue weighted by molar-refractivity contribution is 0.746. The number of nitrogens with zero attached hydrogens (tertiary/aromatic N) is 3. The minimum atomic E-state index is 0.468. The third-order valence-electron chi connectivity index (χ3n) is 2.70. The molecule has 0 atom stereocenters. The van der Waals surface area contributed by atoms with Crippen molar-refractivity contribution in [1.29, 1.82) is 0 Å². The van der Waals surface area contributed by atoms with Crippen LogP contribution in [-0.4, -0.2) is 14.6 Å². The van der Waals surface area contributed by atoms with E-state index in [4.69, 9.17) is 0 Å². The van der Waals surface area contributed by atoms with Crippen LogP contribution in [-0.2, 0) is 0 Å². The van der Waals surface area contributed by atoms with Gasteiger partial charge in [0, 0.05) is 5.69 Å². The number of pyridine rings is 1. The summed E-state index contributed by atoms with van der Waals surface area (Å²) >= 11 is 0. The summed E-state index contributed by atoms with van der Waals surface area (Å²) in [5.74, 6) is 0.952. The summed E-state index contributed by atoms with van der Waals surface area (Å²) in [6, 6.07) is 4.33.